The number of nitrogens with one attached hydrogen (secondary N) is 2. The van der Waals surface area contributed by atoms with Crippen LogP contribution in [0.2, 0.25) is 0 Å². The molecule has 2 fully saturated rings. The van der Waals surface area contributed by atoms with Crippen LogP contribution in [0.1, 0.15) is 65.7 Å². The molecule has 2 saturated carbocycles. The number of likely N-dealkylation sites (N-methyl/N-ethyl adjacent to an activating group) is 1. The van der Waals surface area contributed by atoms with Gasteiger partial charge in [0.25, 0.3) is 0 Å². The summed E-state index contributed by atoms with van der Waals surface area (Å²) in [7, 11) is 1.85. The first-order valence-electron chi connectivity index (χ1n) is 16.3. The Morgan fingerprint density at radius 1 is 1.25 bits per heavy atom. The molecule has 1 spiro atoms. The molecular formula is C36H56N2O6. The number of carbonyl (C=O) groups is 1. The number of allylic oxidation sites excluding steroid dienone is 9. The molecule has 0 saturated heterocycles. The van der Waals surface area contributed by atoms with E-state index in [4.69, 9.17) is 0 Å². The Hall–Kier alpha value is -2.17. The maximum atomic E-state index is 12.6. The summed E-state index contributed by atoms with van der Waals surface area (Å²) >= 11 is 0. The molecule has 0 aromatic rings. The fourth-order valence-corrected chi connectivity index (χ4v) is 8.25. The van der Waals surface area contributed by atoms with Gasteiger partial charge in [-0.1, -0.05) is 61.1 Å². The van der Waals surface area contributed by atoms with E-state index in [-0.39, 0.29) is 36.9 Å². The third-order valence-electron chi connectivity index (χ3n) is 10.5. The van der Waals surface area contributed by atoms with Gasteiger partial charge in [0.15, 0.2) is 0 Å². The minimum absolute atomic E-state index is 0.0316. The summed E-state index contributed by atoms with van der Waals surface area (Å²) in [5.41, 5.74) is 1.93. The highest BCUT2D eigenvalue weighted by Gasteiger charge is 2.68. The zero-order chi connectivity index (χ0) is 32.5. The summed E-state index contributed by atoms with van der Waals surface area (Å²) in [6.07, 6.45) is 15.0. The van der Waals surface area contributed by atoms with Crippen LogP contribution in [0, 0.1) is 29.1 Å². The molecule has 0 aromatic carbocycles. The molecule has 246 valence electrons. The van der Waals surface area contributed by atoms with E-state index in [9.17, 15) is 30.3 Å². The third-order valence-corrected chi connectivity index (χ3v) is 10.5. The van der Waals surface area contributed by atoms with E-state index in [1.165, 1.54) is 0 Å². The van der Waals surface area contributed by atoms with Gasteiger partial charge >= 0.3 is 0 Å². The molecule has 3 aliphatic rings. The highest BCUT2D eigenvalue weighted by atomic mass is 16.3. The number of aliphatic hydroxyl groups excluding tert-OH is 4. The monoisotopic (exact) mass is 612 g/mol. The second-order valence-corrected chi connectivity index (χ2v) is 13.0. The normalized spacial score (nSPS) is 34.2. The molecule has 0 heterocycles. The van der Waals surface area contributed by atoms with Gasteiger partial charge < -0.3 is 30.8 Å². The molecule has 44 heavy (non-hydrogen) atoms. The van der Waals surface area contributed by atoms with Crippen molar-refractivity contribution in [2.24, 2.45) is 29.1 Å². The van der Waals surface area contributed by atoms with Crippen LogP contribution >= 0.6 is 0 Å². The molecule has 0 aliphatic heterocycles. The molecule has 8 atom stereocenters. The van der Waals surface area contributed by atoms with Gasteiger partial charge in [-0.25, -0.2) is 0 Å². The number of hydrogen-bond acceptors (Lipinski definition) is 8. The van der Waals surface area contributed by atoms with Crippen LogP contribution in [-0.2, 0) is 4.79 Å². The fraction of sp³-hybridized carbons (Fsp3) is 0.639. The lowest BCUT2D eigenvalue weighted by Crippen LogP contribution is -2.65. The molecular weight excluding hydrogens is 556 g/mol. The lowest BCUT2D eigenvalue weighted by atomic mass is 9.45. The average Bonchev–Trinajstić information content (AvgIpc) is 3.35. The van der Waals surface area contributed by atoms with Crippen molar-refractivity contribution in [3.05, 3.63) is 70.9 Å². The Kier molecular flexibility index (Phi) is 13.5. The van der Waals surface area contributed by atoms with E-state index in [1.54, 1.807) is 0 Å². The molecule has 0 amide bonds. The minimum Gasteiger partial charge on any atom is -0.396 e. The predicted octanol–water partition coefficient (Wildman–Crippen LogP) is 3.49. The Morgan fingerprint density at radius 2 is 2.00 bits per heavy atom. The number of aliphatic hydroxyl groups is 5. The molecule has 8 heteroatoms. The van der Waals surface area contributed by atoms with E-state index in [0.29, 0.717) is 56.3 Å². The summed E-state index contributed by atoms with van der Waals surface area (Å²) in [5, 5.41) is 61.5. The molecule has 3 aliphatic carbocycles. The fourth-order valence-electron chi connectivity index (χ4n) is 8.25. The molecule has 0 aromatic heterocycles. The van der Waals surface area contributed by atoms with Gasteiger partial charge in [0.05, 0.1) is 18.3 Å². The summed E-state index contributed by atoms with van der Waals surface area (Å²) < 4.78 is 0. The van der Waals surface area contributed by atoms with E-state index in [0.717, 1.165) is 35.8 Å². The van der Waals surface area contributed by atoms with Crippen molar-refractivity contribution in [3.63, 3.8) is 0 Å². The molecule has 2 bridgehead atoms. The molecule has 3 rings (SSSR count). The van der Waals surface area contributed by atoms with Crippen molar-refractivity contribution >= 4 is 6.29 Å². The van der Waals surface area contributed by atoms with Crippen molar-refractivity contribution in [3.8, 4) is 0 Å². The highest BCUT2D eigenvalue weighted by molar-refractivity contribution is 5.74. The maximum Gasteiger partial charge on any atom is 0.145 e. The smallest absolute Gasteiger partial charge is 0.145 e. The Balaban J connectivity index is 1.92. The second-order valence-electron chi connectivity index (χ2n) is 13.0. The first kappa shape index (κ1) is 36.3. The van der Waals surface area contributed by atoms with E-state index >= 15 is 0 Å². The third kappa shape index (κ3) is 7.44. The first-order valence-corrected chi connectivity index (χ1v) is 16.3. The number of aldehydes is 1. The van der Waals surface area contributed by atoms with E-state index < -0.39 is 23.3 Å². The van der Waals surface area contributed by atoms with Crippen molar-refractivity contribution in [1.82, 2.24) is 10.6 Å². The lowest BCUT2D eigenvalue weighted by molar-refractivity contribution is -0.194. The second kappa shape index (κ2) is 16.4. The van der Waals surface area contributed by atoms with E-state index in [1.807, 2.05) is 52.1 Å². The van der Waals surface area contributed by atoms with Gasteiger partial charge in [-0.15, -0.1) is 0 Å². The van der Waals surface area contributed by atoms with Gasteiger partial charge in [0, 0.05) is 23.9 Å². The molecule has 7 N–H and O–H groups in total. The number of rotatable bonds is 16. The quantitative estimate of drug-likeness (QED) is 0.0462. The number of fused-ring (bicyclic) bond motifs is 3. The van der Waals surface area contributed by atoms with Gasteiger partial charge in [0.1, 0.15) is 12.5 Å². The van der Waals surface area contributed by atoms with Crippen molar-refractivity contribution in [2.75, 3.05) is 33.4 Å². The highest BCUT2D eigenvalue weighted by Crippen LogP contribution is 2.67. The van der Waals surface area contributed by atoms with Crippen LogP contribution in [0.25, 0.3) is 0 Å². The largest absolute Gasteiger partial charge is 0.396 e. The van der Waals surface area contributed by atoms with Crippen LogP contribution in [0.3, 0.4) is 0 Å². The van der Waals surface area contributed by atoms with Gasteiger partial charge in [0.2, 0.25) is 0 Å². The summed E-state index contributed by atoms with van der Waals surface area (Å²) in [6.45, 7) is 10.8. The molecule has 8 nitrogen and oxygen atoms in total. The molecule has 0 unspecified atom stereocenters. The SMILES string of the molecule is C=C(/C=C/C=C(/CO)[C@@H]1CC[C@]2([C@@H]1O)[C@@H]1C(=C(C)C=O)[C@@H](C=C[C@H]1CCO)C[C@]2(O)CCNC)CC/C=C(\C)[C@@H](O)NCC. The van der Waals surface area contributed by atoms with Gasteiger partial charge in [-0.3, -0.25) is 10.1 Å². The van der Waals surface area contributed by atoms with Crippen molar-refractivity contribution in [2.45, 2.75) is 83.6 Å². The zero-order valence-corrected chi connectivity index (χ0v) is 27.1. The summed E-state index contributed by atoms with van der Waals surface area (Å²) in [4.78, 5) is 12.1. The van der Waals surface area contributed by atoms with Crippen molar-refractivity contribution < 1.29 is 30.3 Å². The van der Waals surface area contributed by atoms with E-state index in [2.05, 4.69) is 29.4 Å². The maximum absolute atomic E-state index is 12.6. The van der Waals surface area contributed by atoms with Gasteiger partial charge in [-0.05, 0) is 107 Å². The number of carbonyl (C=O) groups excluding carboxylic acids is 1. The van der Waals surface area contributed by atoms with Crippen LogP contribution in [0.4, 0.5) is 0 Å². The van der Waals surface area contributed by atoms with Crippen LogP contribution in [0.5, 0.6) is 0 Å². The van der Waals surface area contributed by atoms with Crippen LogP contribution < -0.4 is 10.6 Å². The molecule has 0 radical (unpaired) electrons. The number of hydrogen-bond donors (Lipinski definition) is 7. The Morgan fingerprint density at radius 3 is 2.64 bits per heavy atom. The average molecular weight is 613 g/mol. The standard InChI is InChI=1S/C36H56N2O6/c1-6-38-34(43)25(3)11-7-9-24(2)10-8-12-29(23-41)30-15-17-36(33(30)42)32-27(16-20-39)13-14-28(31(32)26(4)22-40)21-35(36,44)18-19-37-5/h8,10-14,22,27-28,30,32-34,37-39,41-44H,2,6-7,9,15-21,23H2,1,3-5H3/b10-8+,25-11+,29-12-,31-26?/t27-,28-,30-,32-,33+,34+,35+,36+/m0/s1. The Labute approximate surface area is 264 Å². The lowest BCUT2D eigenvalue weighted by Gasteiger charge is -2.61. The minimum atomic E-state index is -1.21. The summed E-state index contributed by atoms with van der Waals surface area (Å²) in [5.74, 6) is -0.904. The zero-order valence-electron chi connectivity index (χ0n) is 27.1. The van der Waals surface area contributed by atoms with Crippen LogP contribution in [-0.4, -0.2) is 83.1 Å². The van der Waals surface area contributed by atoms with Gasteiger partial charge in [-0.2, -0.15) is 0 Å². The topological polar surface area (TPSA) is 142 Å². The summed E-state index contributed by atoms with van der Waals surface area (Å²) in [6, 6.07) is 0. The van der Waals surface area contributed by atoms with Crippen LogP contribution in [0.15, 0.2) is 70.9 Å². The van der Waals surface area contributed by atoms with Crippen molar-refractivity contribution in [1.29, 1.82) is 0 Å². The predicted molar refractivity (Wildman–Crippen MR) is 175 cm³/mol. The first-order chi connectivity index (χ1) is 21.0. The Bertz CT molecular complexity index is 1160.